The highest BCUT2D eigenvalue weighted by atomic mass is 79.9. The number of thiophene rings is 1. The van der Waals surface area contributed by atoms with E-state index in [1.54, 1.807) is 18.4 Å². The van der Waals surface area contributed by atoms with Crippen LogP contribution in [0.4, 0.5) is 0 Å². The van der Waals surface area contributed by atoms with Crippen molar-refractivity contribution in [3.05, 3.63) is 50.1 Å². The second-order valence-corrected chi connectivity index (χ2v) is 7.09. The summed E-state index contributed by atoms with van der Waals surface area (Å²) in [6, 6.07) is 8.83. The third kappa shape index (κ3) is 3.62. The van der Waals surface area contributed by atoms with E-state index in [-0.39, 0.29) is 6.04 Å². The molecule has 0 radical (unpaired) electrons. The van der Waals surface area contributed by atoms with Crippen LogP contribution in [-0.4, -0.2) is 13.7 Å². The maximum atomic E-state index is 5.34. The van der Waals surface area contributed by atoms with Gasteiger partial charge in [0, 0.05) is 0 Å². The lowest BCUT2D eigenvalue weighted by atomic mass is 9.99. The molecule has 0 spiro atoms. The zero-order chi connectivity index (χ0) is 14.5. The molecule has 0 bridgehead atoms. The minimum atomic E-state index is 0.238. The van der Waals surface area contributed by atoms with Crippen LogP contribution in [-0.2, 0) is 0 Å². The summed E-state index contributed by atoms with van der Waals surface area (Å²) >= 11 is 5.27. The summed E-state index contributed by atoms with van der Waals surface area (Å²) in [6.45, 7) is 5.28. The molecular formula is C16H20BrNOS. The van der Waals surface area contributed by atoms with Crippen LogP contribution in [0.15, 0.2) is 33.4 Å². The Morgan fingerprint density at radius 2 is 2.10 bits per heavy atom. The van der Waals surface area contributed by atoms with E-state index in [1.807, 2.05) is 6.07 Å². The van der Waals surface area contributed by atoms with Gasteiger partial charge in [0.05, 0.1) is 16.9 Å². The van der Waals surface area contributed by atoms with Gasteiger partial charge < -0.3 is 10.1 Å². The Balaban J connectivity index is 2.33. The SMILES string of the molecule is CCCNC(c1csc(Br)c1)c1ccc(OC)c(C)c1. The van der Waals surface area contributed by atoms with Crippen LogP contribution in [0, 0.1) is 6.92 Å². The van der Waals surface area contributed by atoms with Gasteiger partial charge in [-0.1, -0.05) is 19.1 Å². The van der Waals surface area contributed by atoms with Crippen LogP contribution in [0.3, 0.4) is 0 Å². The number of hydrogen-bond acceptors (Lipinski definition) is 3. The molecule has 1 atom stereocenters. The average molecular weight is 354 g/mol. The van der Waals surface area contributed by atoms with Crippen molar-refractivity contribution in [1.82, 2.24) is 5.32 Å². The molecule has 0 fully saturated rings. The fourth-order valence-corrected chi connectivity index (χ4v) is 3.47. The first-order valence-corrected chi connectivity index (χ1v) is 8.44. The summed E-state index contributed by atoms with van der Waals surface area (Å²) in [6.07, 6.45) is 1.12. The molecule has 1 aromatic heterocycles. The molecule has 2 rings (SSSR count). The van der Waals surface area contributed by atoms with Crippen molar-refractivity contribution in [2.45, 2.75) is 26.3 Å². The van der Waals surface area contributed by atoms with Crippen molar-refractivity contribution in [3.63, 3.8) is 0 Å². The zero-order valence-corrected chi connectivity index (χ0v) is 14.5. The van der Waals surface area contributed by atoms with Crippen LogP contribution >= 0.6 is 27.3 Å². The first-order chi connectivity index (χ1) is 9.65. The molecule has 0 aliphatic carbocycles. The number of halogens is 1. The van der Waals surface area contributed by atoms with Gasteiger partial charge in [0.25, 0.3) is 0 Å². The van der Waals surface area contributed by atoms with Crippen molar-refractivity contribution >= 4 is 27.3 Å². The van der Waals surface area contributed by atoms with Crippen molar-refractivity contribution in [3.8, 4) is 5.75 Å². The first kappa shape index (κ1) is 15.5. The molecule has 0 aliphatic rings. The van der Waals surface area contributed by atoms with Gasteiger partial charge >= 0.3 is 0 Å². The fraction of sp³-hybridized carbons (Fsp3) is 0.375. The number of methoxy groups -OCH3 is 1. The maximum Gasteiger partial charge on any atom is 0.121 e. The van der Waals surface area contributed by atoms with Crippen molar-refractivity contribution < 1.29 is 4.74 Å². The third-order valence-electron chi connectivity index (χ3n) is 3.27. The Morgan fingerprint density at radius 3 is 2.65 bits per heavy atom. The normalized spacial score (nSPS) is 12.4. The van der Waals surface area contributed by atoms with Crippen molar-refractivity contribution in [1.29, 1.82) is 0 Å². The average Bonchev–Trinajstić information content (AvgIpc) is 2.86. The summed E-state index contributed by atoms with van der Waals surface area (Å²) in [5.74, 6) is 0.939. The number of ether oxygens (including phenoxy) is 1. The van der Waals surface area contributed by atoms with Crippen molar-refractivity contribution in [2.75, 3.05) is 13.7 Å². The molecule has 0 saturated carbocycles. The first-order valence-electron chi connectivity index (χ1n) is 6.77. The molecule has 0 amide bonds. The lowest BCUT2D eigenvalue weighted by molar-refractivity contribution is 0.411. The molecule has 1 unspecified atom stereocenters. The van der Waals surface area contributed by atoms with Crippen LogP contribution in [0.25, 0.3) is 0 Å². The lowest BCUT2D eigenvalue weighted by Crippen LogP contribution is -2.22. The van der Waals surface area contributed by atoms with Gasteiger partial charge in [-0.25, -0.2) is 0 Å². The molecule has 0 saturated heterocycles. The zero-order valence-electron chi connectivity index (χ0n) is 12.1. The van der Waals surface area contributed by atoms with E-state index in [2.05, 4.69) is 58.7 Å². The number of aryl methyl sites for hydroxylation is 1. The molecule has 108 valence electrons. The molecule has 1 aromatic carbocycles. The second-order valence-electron chi connectivity index (χ2n) is 4.80. The predicted molar refractivity (Wildman–Crippen MR) is 89.9 cm³/mol. The van der Waals surface area contributed by atoms with Gasteiger partial charge in [0.2, 0.25) is 0 Å². The quantitative estimate of drug-likeness (QED) is 0.795. The maximum absolute atomic E-state index is 5.34. The molecule has 20 heavy (non-hydrogen) atoms. The highest BCUT2D eigenvalue weighted by Crippen LogP contribution is 2.31. The molecular weight excluding hydrogens is 334 g/mol. The second kappa shape index (κ2) is 7.25. The highest BCUT2D eigenvalue weighted by molar-refractivity contribution is 9.11. The standard InChI is InChI=1S/C16H20BrNOS/c1-4-7-18-16(13-9-15(17)20-10-13)12-5-6-14(19-3)11(2)8-12/h5-6,8-10,16,18H,4,7H2,1-3H3. The summed E-state index contributed by atoms with van der Waals surface area (Å²) in [7, 11) is 1.71. The van der Waals surface area contributed by atoms with Gasteiger partial charge in [-0.05, 0) is 70.0 Å². The molecule has 0 aliphatic heterocycles. The summed E-state index contributed by atoms with van der Waals surface area (Å²) in [4.78, 5) is 0. The monoisotopic (exact) mass is 353 g/mol. The fourth-order valence-electron chi connectivity index (χ4n) is 2.27. The van der Waals surface area contributed by atoms with E-state index in [0.29, 0.717) is 0 Å². The number of benzene rings is 1. The van der Waals surface area contributed by atoms with Crippen LogP contribution in [0.5, 0.6) is 5.75 Å². The van der Waals surface area contributed by atoms with E-state index >= 15 is 0 Å². The Bertz CT molecular complexity index is 567. The van der Waals surface area contributed by atoms with E-state index in [4.69, 9.17) is 4.74 Å². The Labute approximate surface area is 133 Å². The molecule has 2 nitrogen and oxygen atoms in total. The summed E-state index contributed by atoms with van der Waals surface area (Å²) in [5.41, 5.74) is 3.75. The predicted octanol–water partition coefficient (Wildman–Crippen LogP) is 4.92. The van der Waals surface area contributed by atoms with E-state index in [9.17, 15) is 0 Å². The summed E-state index contributed by atoms with van der Waals surface area (Å²) < 4.78 is 6.51. The van der Waals surface area contributed by atoms with E-state index < -0.39 is 0 Å². The van der Waals surface area contributed by atoms with Crippen LogP contribution in [0.2, 0.25) is 0 Å². The molecule has 2 aromatic rings. The van der Waals surface area contributed by atoms with Gasteiger partial charge in [0.1, 0.15) is 5.75 Å². The van der Waals surface area contributed by atoms with Gasteiger partial charge in [-0.2, -0.15) is 0 Å². The van der Waals surface area contributed by atoms with Gasteiger partial charge in [-0.3, -0.25) is 0 Å². The Hall–Kier alpha value is -0.840. The van der Waals surface area contributed by atoms with Gasteiger partial charge in [-0.15, -0.1) is 11.3 Å². The van der Waals surface area contributed by atoms with Crippen molar-refractivity contribution in [2.24, 2.45) is 0 Å². The van der Waals surface area contributed by atoms with Crippen LogP contribution in [0.1, 0.15) is 36.1 Å². The Kier molecular flexibility index (Phi) is 5.64. The third-order valence-corrected chi connectivity index (χ3v) is 4.79. The van der Waals surface area contributed by atoms with E-state index in [1.165, 1.54) is 20.5 Å². The molecule has 1 heterocycles. The largest absolute Gasteiger partial charge is 0.496 e. The van der Waals surface area contributed by atoms with E-state index in [0.717, 1.165) is 18.7 Å². The number of hydrogen-bond donors (Lipinski definition) is 1. The van der Waals surface area contributed by atoms with Gasteiger partial charge in [0.15, 0.2) is 0 Å². The topological polar surface area (TPSA) is 21.3 Å². The molecule has 1 N–H and O–H groups in total. The molecule has 4 heteroatoms. The summed E-state index contributed by atoms with van der Waals surface area (Å²) in [5, 5.41) is 5.83. The smallest absolute Gasteiger partial charge is 0.121 e. The lowest BCUT2D eigenvalue weighted by Gasteiger charge is -2.19. The number of nitrogens with one attached hydrogen (secondary N) is 1. The minimum Gasteiger partial charge on any atom is -0.496 e. The highest BCUT2D eigenvalue weighted by Gasteiger charge is 2.15. The number of rotatable bonds is 6. The Morgan fingerprint density at radius 1 is 1.30 bits per heavy atom. The minimum absolute atomic E-state index is 0.238. The van der Waals surface area contributed by atoms with Crippen LogP contribution < -0.4 is 10.1 Å².